The number of aromatic nitrogens is 1. The van der Waals surface area contributed by atoms with Crippen LogP contribution in [0.5, 0.6) is 0 Å². The fourth-order valence-electron chi connectivity index (χ4n) is 2.77. The van der Waals surface area contributed by atoms with Crippen molar-refractivity contribution in [3.8, 4) is 0 Å². The zero-order chi connectivity index (χ0) is 13.2. The smallest absolute Gasteiger partial charge is 0.0832 e. The highest BCUT2D eigenvalue weighted by Gasteiger charge is 2.21. The summed E-state index contributed by atoms with van der Waals surface area (Å²) < 4.78 is 1.14. The van der Waals surface area contributed by atoms with Gasteiger partial charge in [0.2, 0.25) is 0 Å². The van der Waals surface area contributed by atoms with E-state index >= 15 is 0 Å². The lowest BCUT2D eigenvalue weighted by molar-refractivity contribution is 0.186. The van der Waals surface area contributed by atoms with Gasteiger partial charge in [0, 0.05) is 12.6 Å². The van der Waals surface area contributed by atoms with E-state index in [0.29, 0.717) is 18.6 Å². The third kappa shape index (κ3) is 2.53. The fourth-order valence-corrected chi connectivity index (χ4v) is 3.64. The summed E-state index contributed by atoms with van der Waals surface area (Å²) in [5, 5.41) is 14.8. The molecule has 0 aliphatic heterocycles. The van der Waals surface area contributed by atoms with Gasteiger partial charge in [-0.3, -0.25) is 4.98 Å². The fraction of sp³-hybridized carbons (Fsp3) is 0.500. The second kappa shape index (κ2) is 5.35. The van der Waals surface area contributed by atoms with Gasteiger partial charge in [0.25, 0.3) is 0 Å². The Morgan fingerprint density at radius 1 is 1.37 bits per heavy atom. The summed E-state index contributed by atoms with van der Waals surface area (Å²) in [6, 6.07) is 2.48. The maximum atomic E-state index is 9.18. The van der Waals surface area contributed by atoms with Gasteiger partial charge < -0.3 is 16.2 Å². The van der Waals surface area contributed by atoms with Gasteiger partial charge in [0.15, 0.2) is 0 Å². The number of nitrogens with one attached hydrogen (secondary N) is 1. The first-order chi connectivity index (χ1) is 9.28. The molecule has 1 saturated carbocycles. The van der Waals surface area contributed by atoms with Crippen molar-refractivity contribution >= 4 is 32.9 Å². The zero-order valence-electron chi connectivity index (χ0n) is 10.8. The second-order valence-electron chi connectivity index (χ2n) is 5.27. The number of hydrogen-bond acceptors (Lipinski definition) is 5. The second-order valence-corrected chi connectivity index (χ2v) is 6.18. The monoisotopic (exact) mass is 277 g/mol. The third-order valence-electron chi connectivity index (χ3n) is 3.96. The summed E-state index contributed by atoms with van der Waals surface area (Å²) in [6.07, 6.45) is 6.11. The van der Waals surface area contributed by atoms with Crippen LogP contribution in [0.1, 0.15) is 25.7 Å². The molecule has 3 rings (SSSR count). The number of thiophene rings is 1. The predicted octanol–water partition coefficient (Wildman–Crippen LogP) is 2.84. The number of pyridine rings is 1. The molecule has 2 aromatic heterocycles. The summed E-state index contributed by atoms with van der Waals surface area (Å²) in [4.78, 5) is 4.33. The predicted molar refractivity (Wildman–Crippen MR) is 80.5 cm³/mol. The van der Waals surface area contributed by atoms with Crippen LogP contribution >= 0.6 is 11.3 Å². The molecule has 1 aliphatic rings. The molecule has 1 aliphatic carbocycles. The van der Waals surface area contributed by atoms with Gasteiger partial charge in [0.1, 0.15) is 0 Å². The van der Waals surface area contributed by atoms with Crippen molar-refractivity contribution in [2.75, 3.05) is 17.7 Å². The Hall–Kier alpha value is -1.33. The highest BCUT2D eigenvalue weighted by atomic mass is 32.1. The van der Waals surface area contributed by atoms with Gasteiger partial charge in [0.05, 0.1) is 27.8 Å². The average Bonchev–Trinajstić information content (AvgIpc) is 2.91. The lowest BCUT2D eigenvalue weighted by Gasteiger charge is -2.29. The lowest BCUT2D eigenvalue weighted by atomic mass is 9.86. The van der Waals surface area contributed by atoms with Gasteiger partial charge >= 0.3 is 0 Å². The van der Waals surface area contributed by atoms with Crippen molar-refractivity contribution in [2.45, 2.75) is 31.7 Å². The molecule has 0 amide bonds. The molecule has 0 spiro atoms. The molecule has 0 radical (unpaired) electrons. The molecule has 5 heteroatoms. The quantitative estimate of drug-likeness (QED) is 0.806. The normalized spacial score (nSPS) is 23.6. The molecule has 4 N–H and O–H groups in total. The Morgan fingerprint density at radius 2 is 2.16 bits per heavy atom. The van der Waals surface area contributed by atoms with Crippen LogP contribution in [0.25, 0.3) is 10.2 Å². The minimum absolute atomic E-state index is 0.319. The van der Waals surface area contributed by atoms with Gasteiger partial charge in [-0.05, 0) is 43.0 Å². The summed E-state index contributed by atoms with van der Waals surface area (Å²) in [7, 11) is 0. The summed E-state index contributed by atoms with van der Waals surface area (Å²) in [6.45, 7) is 0.319. The molecule has 2 aromatic rings. The van der Waals surface area contributed by atoms with Crippen molar-refractivity contribution in [3.05, 3.63) is 17.6 Å². The van der Waals surface area contributed by atoms with E-state index in [-0.39, 0.29) is 0 Å². The molecule has 102 valence electrons. The van der Waals surface area contributed by atoms with Crippen molar-refractivity contribution in [1.29, 1.82) is 0 Å². The van der Waals surface area contributed by atoms with Crippen LogP contribution in [0.15, 0.2) is 17.6 Å². The molecule has 19 heavy (non-hydrogen) atoms. The van der Waals surface area contributed by atoms with Gasteiger partial charge in [-0.2, -0.15) is 0 Å². The Balaban J connectivity index is 1.78. The minimum atomic E-state index is 0.319. The molecular formula is C14H19N3OS. The number of anilines is 2. The first kappa shape index (κ1) is 12.7. The van der Waals surface area contributed by atoms with E-state index in [1.165, 1.54) is 0 Å². The minimum Gasteiger partial charge on any atom is -0.396 e. The average molecular weight is 277 g/mol. The van der Waals surface area contributed by atoms with Crippen LogP contribution in [0.2, 0.25) is 0 Å². The molecule has 2 heterocycles. The third-order valence-corrected chi connectivity index (χ3v) is 4.88. The maximum absolute atomic E-state index is 9.18. The van der Waals surface area contributed by atoms with Crippen molar-refractivity contribution in [1.82, 2.24) is 4.98 Å². The van der Waals surface area contributed by atoms with E-state index in [2.05, 4.69) is 10.3 Å². The van der Waals surface area contributed by atoms with Gasteiger partial charge in [-0.25, -0.2) is 0 Å². The number of nitrogens with two attached hydrogens (primary N) is 1. The van der Waals surface area contributed by atoms with Crippen molar-refractivity contribution < 1.29 is 5.11 Å². The first-order valence-corrected chi connectivity index (χ1v) is 7.65. The Bertz CT molecular complexity index is 561. The molecule has 0 unspecified atom stereocenters. The maximum Gasteiger partial charge on any atom is 0.0832 e. The number of rotatable bonds is 3. The summed E-state index contributed by atoms with van der Waals surface area (Å²) >= 11 is 1.68. The molecule has 0 aromatic carbocycles. The first-order valence-electron chi connectivity index (χ1n) is 6.77. The van der Waals surface area contributed by atoms with E-state index in [4.69, 9.17) is 5.73 Å². The van der Waals surface area contributed by atoms with Crippen LogP contribution in [0.4, 0.5) is 11.4 Å². The molecular weight excluding hydrogens is 258 g/mol. The molecule has 1 fully saturated rings. The Morgan fingerprint density at radius 3 is 2.89 bits per heavy atom. The standard InChI is InChI=1S/C14H19N3OS/c15-11-7-16-12-5-6-19-14(12)13(11)17-10-3-1-9(8-18)2-4-10/h5-7,9-10,18H,1-4,8,15H2,(H,16,17)/t9-,10-. The number of hydrogen-bond donors (Lipinski definition) is 3. The van der Waals surface area contributed by atoms with Crippen LogP contribution in [-0.4, -0.2) is 22.7 Å². The van der Waals surface area contributed by atoms with Crippen molar-refractivity contribution in [3.63, 3.8) is 0 Å². The topological polar surface area (TPSA) is 71.2 Å². The van der Waals surface area contributed by atoms with Crippen LogP contribution < -0.4 is 11.1 Å². The molecule has 0 saturated heterocycles. The van der Waals surface area contributed by atoms with E-state index in [1.807, 2.05) is 11.4 Å². The van der Waals surface area contributed by atoms with Crippen LogP contribution in [0.3, 0.4) is 0 Å². The van der Waals surface area contributed by atoms with E-state index < -0.39 is 0 Å². The number of nitrogens with zero attached hydrogens (tertiary/aromatic N) is 1. The zero-order valence-corrected chi connectivity index (χ0v) is 11.6. The summed E-state index contributed by atoms with van der Waals surface area (Å²) in [5.41, 5.74) is 8.82. The summed E-state index contributed by atoms with van der Waals surface area (Å²) in [5.74, 6) is 0.481. The van der Waals surface area contributed by atoms with E-state index in [9.17, 15) is 5.11 Å². The Labute approximate surface area is 116 Å². The van der Waals surface area contributed by atoms with Crippen molar-refractivity contribution in [2.24, 2.45) is 5.92 Å². The van der Waals surface area contributed by atoms with E-state index in [0.717, 1.165) is 47.3 Å². The number of aliphatic hydroxyl groups excluding tert-OH is 1. The molecule has 4 nitrogen and oxygen atoms in total. The van der Waals surface area contributed by atoms with Crippen LogP contribution in [0, 0.1) is 5.92 Å². The largest absolute Gasteiger partial charge is 0.396 e. The molecule has 0 bridgehead atoms. The Kier molecular flexibility index (Phi) is 3.57. The number of fused-ring (bicyclic) bond motifs is 1. The van der Waals surface area contributed by atoms with Gasteiger partial charge in [-0.15, -0.1) is 11.3 Å². The molecule has 0 atom stereocenters. The number of aliphatic hydroxyl groups is 1. The highest BCUT2D eigenvalue weighted by molar-refractivity contribution is 7.17. The lowest BCUT2D eigenvalue weighted by Crippen LogP contribution is -2.27. The SMILES string of the molecule is Nc1cnc2ccsc2c1N[C@H]1CC[C@H](CO)CC1. The van der Waals surface area contributed by atoms with Gasteiger partial charge in [-0.1, -0.05) is 0 Å². The highest BCUT2D eigenvalue weighted by Crippen LogP contribution is 2.34. The van der Waals surface area contributed by atoms with Crippen LogP contribution in [-0.2, 0) is 0 Å². The van der Waals surface area contributed by atoms with E-state index in [1.54, 1.807) is 17.5 Å². The number of nitrogen functional groups attached to an aromatic ring is 1.